The largest absolute Gasteiger partial charge is 0.449 e. The molecule has 218 valence electrons. The molecular weight excluding hydrogens is 572 g/mol. The van der Waals surface area contributed by atoms with Crippen LogP contribution in [-0.4, -0.2) is 67.1 Å². The number of nitrogens with two attached hydrogens (primary N) is 1. The third-order valence-electron chi connectivity index (χ3n) is 6.28. The Morgan fingerprint density at radius 3 is 2.46 bits per heavy atom. The number of halogens is 4. The molecule has 2 aromatic rings. The number of carbonyl (C=O) groups excluding carboxylic acids is 3. The second kappa shape index (κ2) is 16.5. The minimum absolute atomic E-state index is 0. The molecule has 13 heteroatoms. The average Bonchev–Trinajstić information content (AvgIpc) is 3.28. The van der Waals surface area contributed by atoms with Crippen LogP contribution in [0.5, 0.6) is 0 Å². The molecule has 1 aliphatic rings. The highest BCUT2D eigenvalue weighted by Crippen LogP contribution is 2.39. The van der Waals surface area contributed by atoms with Crippen molar-refractivity contribution in [2.45, 2.75) is 34.1 Å². The first-order valence-corrected chi connectivity index (χ1v) is 12.2. The summed E-state index contributed by atoms with van der Waals surface area (Å²) in [6, 6.07) is 3.76. The standard InChI is InChI=1S/C26H34FN5O4.3ClH/c1-5-31(6-2)12-11-29-24(33)23-16(3)21(30-17(23)4)15-20-19-14-18(27)8-9-22(19)32(25(20)34)26(35)36-13-7-10-28;;;/h8-9,14-15,30H,5-7,10-13,28H2,1-4H3,(H,29,33);3*1H. The van der Waals surface area contributed by atoms with Crippen molar-refractivity contribution in [1.29, 1.82) is 0 Å². The van der Waals surface area contributed by atoms with Crippen LogP contribution in [0.25, 0.3) is 11.6 Å². The summed E-state index contributed by atoms with van der Waals surface area (Å²) >= 11 is 0. The number of rotatable bonds is 10. The smallest absolute Gasteiger partial charge is 0.421 e. The fourth-order valence-corrected chi connectivity index (χ4v) is 4.25. The Balaban J connectivity index is 0.00000481. The molecule has 3 rings (SSSR count). The third-order valence-corrected chi connectivity index (χ3v) is 6.28. The van der Waals surface area contributed by atoms with Gasteiger partial charge in [-0.2, -0.15) is 0 Å². The lowest BCUT2D eigenvalue weighted by atomic mass is 10.0. The van der Waals surface area contributed by atoms with Crippen LogP contribution in [0.15, 0.2) is 18.2 Å². The van der Waals surface area contributed by atoms with Crippen LogP contribution in [-0.2, 0) is 9.53 Å². The molecule has 9 nitrogen and oxygen atoms in total. The van der Waals surface area contributed by atoms with E-state index in [1.807, 2.05) is 0 Å². The van der Waals surface area contributed by atoms with E-state index in [0.717, 1.165) is 24.5 Å². The number of aryl methyl sites for hydroxylation is 1. The predicted molar refractivity (Wildman–Crippen MR) is 159 cm³/mol. The Labute approximate surface area is 246 Å². The molecule has 1 aromatic heterocycles. The highest BCUT2D eigenvalue weighted by molar-refractivity contribution is 6.41. The molecular formula is C26H37Cl3FN5O4. The van der Waals surface area contributed by atoms with E-state index in [4.69, 9.17) is 10.5 Å². The number of amides is 3. The van der Waals surface area contributed by atoms with Crippen molar-refractivity contribution in [3.8, 4) is 0 Å². The lowest BCUT2D eigenvalue weighted by molar-refractivity contribution is -0.112. The molecule has 0 atom stereocenters. The van der Waals surface area contributed by atoms with Crippen LogP contribution in [0.2, 0.25) is 0 Å². The monoisotopic (exact) mass is 607 g/mol. The van der Waals surface area contributed by atoms with Crippen molar-refractivity contribution in [1.82, 2.24) is 15.2 Å². The lowest BCUT2D eigenvalue weighted by Gasteiger charge is -2.18. The van der Waals surface area contributed by atoms with Crippen LogP contribution in [0.4, 0.5) is 14.9 Å². The number of hydrogen-bond donors (Lipinski definition) is 3. The summed E-state index contributed by atoms with van der Waals surface area (Å²) in [5.74, 6) is -1.39. The first-order chi connectivity index (χ1) is 17.2. The number of benzene rings is 1. The number of aromatic amines is 1. The number of nitrogens with one attached hydrogen (secondary N) is 2. The molecule has 0 unspecified atom stereocenters. The summed E-state index contributed by atoms with van der Waals surface area (Å²) in [4.78, 5) is 45.1. The van der Waals surface area contributed by atoms with E-state index < -0.39 is 17.8 Å². The van der Waals surface area contributed by atoms with Gasteiger partial charge in [0.05, 0.1) is 23.4 Å². The Kier molecular flexibility index (Phi) is 15.4. The van der Waals surface area contributed by atoms with E-state index >= 15 is 0 Å². The van der Waals surface area contributed by atoms with Gasteiger partial charge in [-0.25, -0.2) is 14.1 Å². The Morgan fingerprint density at radius 1 is 1.18 bits per heavy atom. The van der Waals surface area contributed by atoms with Gasteiger partial charge in [-0.05, 0) is 69.7 Å². The van der Waals surface area contributed by atoms with Crippen molar-refractivity contribution < 1.29 is 23.5 Å². The van der Waals surface area contributed by atoms with Crippen LogP contribution < -0.4 is 16.0 Å². The molecule has 4 N–H and O–H groups in total. The first kappa shape index (κ1) is 36.4. The van der Waals surface area contributed by atoms with E-state index in [1.165, 1.54) is 18.2 Å². The van der Waals surface area contributed by atoms with Crippen molar-refractivity contribution in [2.75, 3.05) is 44.2 Å². The average molecular weight is 609 g/mol. The SMILES string of the molecule is CCN(CC)CCNC(=O)c1c(C)[nH]c(C=C2C(=O)N(C(=O)OCCCN)c3ccc(F)cc32)c1C.Cl.Cl.Cl. The molecule has 1 aliphatic heterocycles. The van der Waals surface area contributed by atoms with E-state index in [1.54, 1.807) is 19.9 Å². The number of nitrogens with zero attached hydrogens (tertiary/aromatic N) is 2. The highest BCUT2D eigenvalue weighted by Gasteiger charge is 2.38. The second-order valence-electron chi connectivity index (χ2n) is 8.56. The summed E-state index contributed by atoms with van der Waals surface area (Å²) < 4.78 is 19.3. The minimum atomic E-state index is -0.850. The van der Waals surface area contributed by atoms with Crippen LogP contribution in [0.1, 0.15) is 53.1 Å². The van der Waals surface area contributed by atoms with Crippen molar-refractivity contribution in [2.24, 2.45) is 5.73 Å². The summed E-state index contributed by atoms with van der Waals surface area (Å²) in [5, 5.41) is 2.95. The van der Waals surface area contributed by atoms with Gasteiger partial charge in [-0.15, -0.1) is 37.2 Å². The van der Waals surface area contributed by atoms with Gasteiger partial charge >= 0.3 is 6.09 Å². The number of hydrogen-bond acceptors (Lipinski definition) is 6. The fraction of sp³-hybridized carbons (Fsp3) is 0.423. The highest BCUT2D eigenvalue weighted by atomic mass is 35.5. The minimum Gasteiger partial charge on any atom is -0.449 e. The van der Waals surface area contributed by atoms with Crippen LogP contribution in [0, 0.1) is 19.7 Å². The number of ether oxygens (including phenoxy) is 1. The molecule has 0 aliphatic carbocycles. The zero-order valence-corrected chi connectivity index (χ0v) is 24.9. The number of imide groups is 1. The number of carbonyl (C=O) groups is 3. The molecule has 0 spiro atoms. The summed E-state index contributed by atoms with van der Waals surface area (Å²) in [7, 11) is 0. The maximum absolute atomic E-state index is 14.1. The summed E-state index contributed by atoms with van der Waals surface area (Å²) in [6.07, 6.45) is 1.15. The molecule has 0 saturated heterocycles. The lowest BCUT2D eigenvalue weighted by Crippen LogP contribution is -2.35. The number of H-pyrrole nitrogens is 1. The van der Waals surface area contributed by atoms with Gasteiger partial charge in [0.25, 0.3) is 11.8 Å². The van der Waals surface area contributed by atoms with Gasteiger partial charge < -0.3 is 25.7 Å². The Bertz CT molecular complexity index is 1180. The van der Waals surface area contributed by atoms with Gasteiger partial charge in [0.1, 0.15) is 5.82 Å². The summed E-state index contributed by atoms with van der Waals surface area (Å²) in [6.45, 7) is 11.2. The van der Waals surface area contributed by atoms with Gasteiger partial charge in [0, 0.05) is 30.0 Å². The zero-order valence-electron chi connectivity index (χ0n) is 22.5. The first-order valence-electron chi connectivity index (χ1n) is 12.2. The second-order valence-corrected chi connectivity index (χ2v) is 8.56. The predicted octanol–water partition coefficient (Wildman–Crippen LogP) is 4.48. The van der Waals surface area contributed by atoms with Gasteiger partial charge in [-0.1, -0.05) is 13.8 Å². The number of anilines is 1. The molecule has 1 aromatic carbocycles. The molecule has 2 heterocycles. The van der Waals surface area contributed by atoms with Crippen molar-refractivity contribution in [3.63, 3.8) is 0 Å². The number of aromatic nitrogens is 1. The number of likely N-dealkylation sites (N-methyl/N-ethyl adjacent to an activating group) is 1. The normalized spacial score (nSPS) is 12.9. The van der Waals surface area contributed by atoms with E-state index in [2.05, 4.69) is 29.0 Å². The Morgan fingerprint density at radius 2 is 1.85 bits per heavy atom. The molecule has 3 amide bonds. The van der Waals surface area contributed by atoms with Crippen LogP contribution >= 0.6 is 37.2 Å². The molecule has 0 radical (unpaired) electrons. The topological polar surface area (TPSA) is 121 Å². The van der Waals surface area contributed by atoms with Crippen molar-refractivity contribution >= 4 is 72.5 Å². The van der Waals surface area contributed by atoms with Crippen molar-refractivity contribution in [3.05, 3.63) is 52.1 Å². The van der Waals surface area contributed by atoms with Gasteiger partial charge in [-0.3, -0.25) is 9.59 Å². The zero-order chi connectivity index (χ0) is 26.4. The molecule has 0 bridgehead atoms. The van der Waals surface area contributed by atoms with E-state index in [0.29, 0.717) is 42.0 Å². The van der Waals surface area contributed by atoms with E-state index in [-0.39, 0.29) is 66.6 Å². The van der Waals surface area contributed by atoms with Gasteiger partial charge in [0.2, 0.25) is 0 Å². The maximum atomic E-state index is 14.1. The third kappa shape index (κ3) is 8.18. The summed E-state index contributed by atoms with van der Waals surface area (Å²) in [5.41, 5.74) is 8.38. The maximum Gasteiger partial charge on any atom is 0.421 e. The fourth-order valence-electron chi connectivity index (χ4n) is 4.25. The molecule has 0 saturated carbocycles. The van der Waals surface area contributed by atoms with Gasteiger partial charge in [0.15, 0.2) is 0 Å². The van der Waals surface area contributed by atoms with E-state index in [9.17, 15) is 18.8 Å². The van der Waals surface area contributed by atoms with Crippen LogP contribution in [0.3, 0.4) is 0 Å². The quantitative estimate of drug-likeness (QED) is 0.270. The number of fused-ring (bicyclic) bond motifs is 1. The molecule has 39 heavy (non-hydrogen) atoms. The Hall–Kier alpha value is -2.63. The molecule has 0 fully saturated rings.